The lowest BCUT2D eigenvalue weighted by atomic mass is 10.2. The molecule has 13 heavy (non-hydrogen) atoms. The smallest absolute Gasteiger partial charge is 0.419 e. The van der Waals surface area contributed by atoms with Crippen LogP contribution in [0.5, 0.6) is 5.88 Å². The van der Waals surface area contributed by atoms with Crippen LogP contribution in [-0.4, -0.2) is 12.1 Å². The highest BCUT2D eigenvalue weighted by Crippen LogP contribution is 2.32. The number of methoxy groups -OCH3 is 1. The van der Waals surface area contributed by atoms with E-state index in [2.05, 4.69) is 9.72 Å². The fourth-order valence-electron chi connectivity index (χ4n) is 0.748. The zero-order valence-electron chi connectivity index (χ0n) is 6.52. The van der Waals surface area contributed by atoms with Gasteiger partial charge < -0.3 is 4.74 Å². The van der Waals surface area contributed by atoms with Gasteiger partial charge >= 0.3 is 6.18 Å². The third-order valence-electron chi connectivity index (χ3n) is 1.34. The predicted octanol–water partition coefficient (Wildman–Crippen LogP) is 2.25. The maximum Gasteiger partial charge on any atom is 0.419 e. The van der Waals surface area contributed by atoms with E-state index in [1.54, 1.807) is 0 Å². The van der Waals surface area contributed by atoms with E-state index in [0.717, 1.165) is 7.11 Å². The molecule has 0 spiro atoms. The van der Waals surface area contributed by atoms with E-state index in [-0.39, 0.29) is 5.88 Å². The summed E-state index contributed by atoms with van der Waals surface area (Å²) in [5.74, 6) is -1.68. The molecule has 1 rings (SSSR count). The summed E-state index contributed by atoms with van der Waals surface area (Å²) in [6.45, 7) is 0. The number of halogens is 4. The molecule has 0 saturated heterocycles. The molecule has 0 bridgehead atoms. The van der Waals surface area contributed by atoms with Gasteiger partial charge in [-0.1, -0.05) is 0 Å². The molecule has 2 nitrogen and oxygen atoms in total. The molecule has 0 N–H and O–H groups in total. The summed E-state index contributed by atoms with van der Waals surface area (Å²) >= 11 is 0. The summed E-state index contributed by atoms with van der Waals surface area (Å²) in [5.41, 5.74) is -1.38. The minimum Gasteiger partial charge on any atom is -0.481 e. The Labute approximate surface area is 71.2 Å². The van der Waals surface area contributed by atoms with E-state index < -0.39 is 17.6 Å². The maximum atomic E-state index is 12.6. The van der Waals surface area contributed by atoms with Crippen LogP contribution in [0.3, 0.4) is 0 Å². The molecule has 0 aliphatic carbocycles. The van der Waals surface area contributed by atoms with Crippen LogP contribution >= 0.6 is 0 Å². The first-order chi connectivity index (χ1) is 5.95. The zero-order chi connectivity index (χ0) is 10.1. The first-order valence-corrected chi connectivity index (χ1v) is 3.22. The number of hydrogen-bond donors (Lipinski definition) is 0. The Morgan fingerprint density at radius 2 is 2.00 bits per heavy atom. The van der Waals surface area contributed by atoms with Gasteiger partial charge in [0.25, 0.3) is 0 Å². The monoisotopic (exact) mass is 195 g/mol. The highest BCUT2D eigenvalue weighted by Gasteiger charge is 2.34. The lowest BCUT2D eigenvalue weighted by molar-refractivity contribution is -0.140. The van der Waals surface area contributed by atoms with E-state index in [9.17, 15) is 17.6 Å². The third-order valence-corrected chi connectivity index (χ3v) is 1.34. The number of nitrogens with zero attached hydrogens (tertiary/aromatic N) is 1. The van der Waals surface area contributed by atoms with Gasteiger partial charge in [-0.15, -0.1) is 0 Å². The second kappa shape index (κ2) is 3.20. The molecular formula is C7H5F4NO. The average molecular weight is 195 g/mol. The van der Waals surface area contributed by atoms with Crippen LogP contribution in [0.25, 0.3) is 0 Å². The summed E-state index contributed by atoms with van der Waals surface area (Å²) in [6, 6.07) is 0.509. The minimum absolute atomic E-state index is 0.270. The predicted molar refractivity (Wildman–Crippen MR) is 35.7 cm³/mol. The van der Waals surface area contributed by atoms with E-state index >= 15 is 0 Å². The Morgan fingerprint density at radius 3 is 2.46 bits per heavy atom. The lowest BCUT2D eigenvalue weighted by Crippen LogP contribution is -2.08. The molecule has 1 aromatic heterocycles. The van der Waals surface area contributed by atoms with Gasteiger partial charge in [-0.3, -0.25) is 0 Å². The summed E-state index contributed by atoms with van der Waals surface area (Å²) in [7, 11) is 1.15. The molecular weight excluding hydrogens is 190 g/mol. The highest BCUT2D eigenvalue weighted by atomic mass is 19.4. The van der Waals surface area contributed by atoms with Crippen LogP contribution in [0, 0.1) is 5.82 Å². The second-order valence-corrected chi connectivity index (χ2v) is 2.20. The summed E-state index contributed by atoms with van der Waals surface area (Å²) in [6.07, 6.45) is -4.25. The van der Waals surface area contributed by atoms with E-state index in [4.69, 9.17) is 0 Å². The molecule has 0 amide bonds. The Hall–Kier alpha value is -1.33. The molecule has 0 aliphatic rings. The van der Waals surface area contributed by atoms with Gasteiger partial charge in [0.2, 0.25) is 5.88 Å². The molecule has 0 unspecified atom stereocenters. The first-order valence-electron chi connectivity index (χ1n) is 3.22. The van der Waals surface area contributed by atoms with Gasteiger partial charge in [0.05, 0.1) is 18.9 Å². The molecule has 72 valence electrons. The number of rotatable bonds is 1. The van der Waals surface area contributed by atoms with E-state index in [0.29, 0.717) is 12.3 Å². The quantitative estimate of drug-likeness (QED) is 0.641. The minimum atomic E-state index is -4.72. The van der Waals surface area contributed by atoms with Crippen LogP contribution < -0.4 is 4.74 Å². The lowest BCUT2D eigenvalue weighted by Gasteiger charge is -2.08. The van der Waals surface area contributed by atoms with Crippen molar-refractivity contribution >= 4 is 0 Å². The van der Waals surface area contributed by atoms with E-state index in [1.165, 1.54) is 0 Å². The zero-order valence-corrected chi connectivity index (χ0v) is 6.52. The Morgan fingerprint density at radius 1 is 1.38 bits per heavy atom. The Balaban J connectivity index is 3.19. The van der Waals surface area contributed by atoms with Crippen molar-refractivity contribution in [2.45, 2.75) is 6.18 Å². The fraction of sp³-hybridized carbons (Fsp3) is 0.286. The molecule has 6 heteroatoms. The van der Waals surface area contributed by atoms with E-state index in [1.807, 2.05) is 0 Å². The molecule has 0 aliphatic heterocycles. The average Bonchev–Trinajstić information content (AvgIpc) is 2.03. The van der Waals surface area contributed by atoms with Crippen molar-refractivity contribution in [3.05, 3.63) is 23.6 Å². The molecule has 1 aromatic rings. The molecule has 0 fully saturated rings. The van der Waals surface area contributed by atoms with Crippen molar-refractivity contribution in [2.24, 2.45) is 0 Å². The molecule has 0 atom stereocenters. The maximum absolute atomic E-state index is 12.6. The van der Waals surface area contributed by atoms with Gasteiger partial charge in [-0.2, -0.15) is 13.2 Å². The molecule has 0 saturated carbocycles. The largest absolute Gasteiger partial charge is 0.481 e. The van der Waals surface area contributed by atoms with Crippen LogP contribution in [0.4, 0.5) is 17.6 Å². The van der Waals surface area contributed by atoms with Gasteiger partial charge in [0, 0.05) is 6.07 Å². The van der Waals surface area contributed by atoms with Gasteiger partial charge in [-0.05, 0) is 0 Å². The van der Waals surface area contributed by atoms with Crippen molar-refractivity contribution in [3.63, 3.8) is 0 Å². The Bertz CT molecular complexity index is 310. The van der Waals surface area contributed by atoms with Crippen molar-refractivity contribution < 1.29 is 22.3 Å². The van der Waals surface area contributed by atoms with Gasteiger partial charge in [-0.25, -0.2) is 9.37 Å². The molecule has 0 radical (unpaired) electrons. The van der Waals surface area contributed by atoms with Crippen LogP contribution in [0.15, 0.2) is 12.3 Å². The van der Waals surface area contributed by atoms with Crippen molar-refractivity contribution in [1.29, 1.82) is 0 Å². The first kappa shape index (κ1) is 9.76. The standard InChI is InChI=1S/C7H5F4NO/c1-13-6-2-4(7(9,10)11)5(8)3-12-6/h2-3H,1H3. The normalized spacial score (nSPS) is 11.5. The summed E-state index contributed by atoms with van der Waals surface area (Å²) in [4.78, 5) is 3.27. The highest BCUT2D eigenvalue weighted by molar-refractivity contribution is 5.24. The summed E-state index contributed by atoms with van der Waals surface area (Å²) < 4.78 is 53.1. The summed E-state index contributed by atoms with van der Waals surface area (Å²) in [5, 5.41) is 0. The SMILES string of the molecule is COc1cc(C(F)(F)F)c(F)cn1. The number of hydrogen-bond acceptors (Lipinski definition) is 2. The van der Waals surface area contributed by atoms with Crippen molar-refractivity contribution in [1.82, 2.24) is 4.98 Å². The van der Waals surface area contributed by atoms with Crippen molar-refractivity contribution in [3.8, 4) is 5.88 Å². The molecule has 1 heterocycles. The van der Waals surface area contributed by atoms with Gasteiger partial charge in [0.1, 0.15) is 0 Å². The number of alkyl halides is 3. The van der Waals surface area contributed by atoms with Gasteiger partial charge in [0.15, 0.2) is 5.82 Å². The topological polar surface area (TPSA) is 22.1 Å². The second-order valence-electron chi connectivity index (χ2n) is 2.20. The number of aromatic nitrogens is 1. The van der Waals surface area contributed by atoms with Crippen molar-refractivity contribution in [2.75, 3.05) is 7.11 Å². The Kier molecular flexibility index (Phi) is 2.40. The number of ether oxygens (including phenoxy) is 1. The fourth-order valence-corrected chi connectivity index (χ4v) is 0.748. The van der Waals surface area contributed by atoms with Crippen LogP contribution in [0.2, 0.25) is 0 Å². The van der Waals surface area contributed by atoms with Crippen LogP contribution in [-0.2, 0) is 6.18 Å². The molecule has 0 aromatic carbocycles. The van der Waals surface area contributed by atoms with Crippen LogP contribution in [0.1, 0.15) is 5.56 Å². The number of pyridine rings is 1. The third kappa shape index (κ3) is 2.07.